The summed E-state index contributed by atoms with van der Waals surface area (Å²) in [5.41, 5.74) is 4.16. The van der Waals surface area contributed by atoms with Gasteiger partial charge < -0.3 is 15.2 Å². The third-order valence-electron chi connectivity index (χ3n) is 4.53. The summed E-state index contributed by atoms with van der Waals surface area (Å²) >= 11 is 1.75. The van der Waals surface area contributed by atoms with Gasteiger partial charge in [0.25, 0.3) is 0 Å². The van der Waals surface area contributed by atoms with Crippen molar-refractivity contribution in [3.8, 4) is 0 Å². The van der Waals surface area contributed by atoms with E-state index in [0.29, 0.717) is 24.3 Å². The Morgan fingerprint density at radius 3 is 2.73 bits per heavy atom. The lowest BCUT2D eigenvalue weighted by molar-refractivity contribution is -0.384. The molecular weight excluding hydrogens is 398 g/mol. The van der Waals surface area contributed by atoms with E-state index < -0.39 is 0 Å². The number of anilines is 1. The molecule has 0 spiro atoms. The molecule has 3 rings (SSSR count). The number of benzene rings is 1. The van der Waals surface area contributed by atoms with Crippen LogP contribution in [-0.4, -0.2) is 46.2 Å². The van der Waals surface area contributed by atoms with Gasteiger partial charge >= 0.3 is 5.69 Å². The first-order chi connectivity index (χ1) is 14.5. The average Bonchev–Trinajstić information content (AvgIpc) is 3.11. The number of aromatic nitrogens is 2. The van der Waals surface area contributed by atoms with Crippen molar-refractivity contribution in [2.75, 3.05) is 31.7 Å². The molecule has 0 aliphatic carbocycles. The molecule has 7 nitrogen and oxygen atoms in total. The molecule has 0 saturated heterocycles. The number of thioether (sulfide) groups is 1. The molecule has 158 valence electrons. The molecule has 1 aromatic carbocycles. The van der Waals surface area contributed by atoms with Gasteiger partial charge in [0.05, 0.1) is 16.2 Å². The van der Waals surface area contributed by atoms with Crippen LogP contribution in [0.1, 0.15) is 22.4 Å². The number of nitrogens with one attached hydrogen (secondary N) is 2. The Bertz CT molecular complexity index is 959. The summed E-state index contributed by atoms with van der Waals surface area (Å²) in [6.07, 6.45) is 4.10. The van der Waals surface area contributed by atoms with Gasteiger partial charge in [-0.2, -0.15) is 11.8 Å². The fourth-order valence-corrected chi connectivity index (χ4v) is 4.00. The van der Waals surface area contributed by atoms with Crippen molar-refractivity contribution >= 4 is 23.3 Å². The van der Waals surface area contributed by atoms with Crippen LogP contribution in [0.5, 0.6) is 0 Å². The fourth-order valence-electron chi connectivity index (χ4n) is 3.25. The number of hydrogen-bond donors (Lipinski definition) is 2. The Hall–Kier alpha value is -2.84. The molecule has 0 saturated carbocycles. The fraction of sp³-hybridized carbons (Fsp3) is 0.318. The minimum atomic E-state index is -0.315. The third kappa shape index (κ3) is 6.33. The summed E-state index contributed by atoms with van der Waals surface area (Å²) < 4.78 is 0. The molecule has 2 heterocycles. The van der Waals surface area contributed by atoms with Crippen LogP contribution in [0.3, 0.4) is 0 Å². The van der Waals surface area contributed by atoms with Gasteiger partial charge in [-0.25, -0.2) is 0 Å². The molecule has 0 aliphatic heterocycles. The van der Waals surface area contributed by atoms with E-state index >= 15 is 0 Å². The second-order valence-electron chi connectivity index (χ2n) is 7.33. The molecule has 0 radical (unpaired) electrons. The van der Waals surface area contributed by atoms with Crippen LogP contribution in [0.4, 0.5) is 11.5 Å². The van der Waals surface area contributed by atoms with Gasteiger partial charge in [0.1, 0.15) is 0 Å². The normalized spacial score (nSPS) is 11.0. The van der Waals surface area contributed by atoms with Gasteiger partial charge in [0.2, 0.25) is 0 Å². The molecule has 3 aromatic rings. The lowest BCUT2D eigenvalue weighted by atomic mass is 10.1. The predicted molar refractivity (Wildman–Crippen MR) is 123 cm³/mol. The molecule has 0 fully saturated rings. The first-order valence-corrected chi connectivity index (χ1v) is 11.0. The summed E-state index contributed by atoms with van der Waals surface area (Å²) in [5, 5.41) is 14.8. The third-order valence-corrected chi connectivity index (χ3v) is 5.52. The monoisotopic (exact) mass is 425 g/mol. The number of nitrogens with zero attached hydrogens (tertiary/aromatic N) is 3. The summed E-state index contributed by atoms with van der Waals surface area (Å²) in [5.74, 6) is 2.11. The van der Waals surface area contributed by atoms with Crippen molar-refractivity contribution in [2.24, 2.45) is 0 Å². The quantitative estimate of drug-likeness (QED) is 0.270. The van der Waals surface area contributed by atoms with E-state index in [0.717, 1.165) is 29.3 Å². The van der Waals surface area contributed by atoms with Crippen LogP contribution in [0.25, 0.3) is 0 Å². The second-order valence-corrected chi connectivity index (χ2v) is 8.43. The molecule has 0 atom stereocenters. The van der Waals surface area contributed by atoms with E-state index in [9.17, 15) is 10.1 Å². The van der Waals surface area contributed by atoms with Gasteiger partial charge in [0.15, 0.2) is 5.82 Å². The van der Waals surface area contributed by atoms with Crippen molar-refractivity contribution in [1.29, 1.82) is 0 Å². The first kappa shape index (κ1) is 21.9. The SMILES string of the molecule is CN(C)Cc1ccnc(CSCCNc2[nH]cc(Cc3ccccc3)c2[N+](=O)[O-])c1. The smallest absolute Gasteiger partial charge is 0.314 e. The second kappa shape index (κ2) is 10.8. The van der Waals surface area contributed by atoms with E-state index in [4.69, 9.17) is 0 Å². The largest absolute Gasteiger partial charge is 0.365 e. The van der Waals surface area contributed by atoms with Crippen LogP contribution >= 0.6 is 11.8 Å². The highest BCUT2D eigenvalue weighted by Gasteiger charge is 2.22. The number of H-pyrrole nitrogens is 1. The van der Waals surface area contributed by atoms with E-state index in [2.05, 4.69) is 26.3 Å². The highest BCUT2D eigenvalue weighted by atomic mass is 32.2. The topological polar surface area (TPSA) is 87.1 Å². The molecular formula is C22H27N5O2S. The van der Waals surface area contributed by atoms with Crippen molar-refractivity contribution in [3.05, 3.63) is 87.4 Å². The van der Waals surface area contributed by atoms with Gasteiger partial charge in [0, 0.05) is 43.4 Å². The number of nitro groups is 1. The van der Waals surface area contributed by atoms with Crippen LogP contribution in [0, 0.1) is 10.1 Å². The van der Waals surface area contributed by atoms with Crippen LogP contribution in [0.15, 0.2) is 54.9 Å². The number of pyridine rings is 1. The maximum atomic E-state index is 11.6. The van der Waals surface area contributed by atoms with Crippen LogP contribution in [0.2, 0.25) is 0 Å². The zero-order valence-electron chi connectivity index (χ0n) is 17.3. The van der Waals surface area contributed by atoms with E-state index in [1.54, 1.807) is 18.0 Å². The van der Waals surface area contributed by atoms with Gasteiger partial charge in [-0.1, -0.05) is 30.3 Å². The van der Waals surface area contributed by atoms with Crippen molar-refractivity contribution in [1.82, 2.24) is 14.9 Å². The van der Waals surface area contributed by atoms with Gasteiger partial charge in [-0.05, 0) is 37.4 Å². The molecule has 0 bridgehead atoms. The maximum Gasteiger partial charge on any atom is 0.314 e. The minimum Gasteiger partial charge on any atom is -0.365 e. The first-order valence-electron chi connectivity index (χ1n) is 9.81. The van der Waals surface area contributed by atoms with E-state index in [-0.39, 0.29) is 10.6 Å². The predicted octanol–water partition coefficient (Wildman–Crippen LogP) is 4.32. The number of hydrogen-bond acceptors (Lipinski definition) is 6. The Labute approximate surface area is 181 Å². The molecule has 2 N–H and O–H groups in total. The minimum absolute atomic E-state index is 0.127. The van der Waals surface area contributed by atoms with E-state index in [1.165, 1.54) is 5.56 Å². The summed E-state index contributed by atoms with van der Waals surface area (Å²) in [7, 11) is 4.09. The van der Waals surface area contributed by atoms with E-state index in [1.807, 2.05) is 56.7 Å². The molecule has 0 aliphatic rings. The van der Waals surface area contributed by atoms with Gasteiger partial charge in [-0.15, -0.1) is 0 Å². The zero-order valence-corrected chi connectivity index (χ0v) is 18.1. The van der Waals surface area contributed by atoms with Gasteiger partial charge in [-0.3, -0.25) is 15.1 Å². The molecule has 8 heteroatoms. The lowest BCUT2D eigenvalue weighted by Gasteiger charge is -2.10. The summed E-state index contributed by atoms with van der Waals surface area (Å²) in [6.45, 7) is 1.53. The highest BCUT2D eigenvalue weighted by Crippen LogP contribution is 2.30. The summed E-state index contributed by atoms with van der Waals surface area (Å²) in [4.78, 5) is 20.9. The number of rotatable bonds is 11. The molecule has 30 heavy (non-hydrogen) atoms. The van der Waals surface area contributed by atoms with Crippen molar-refractivity contribution in [2.45, 2.75) is 18.7 Å². The molecule has 0 unspecified atom stereocenters. The average molecular weight is 426 g/mol. The Balaban J connectivity index is 1.51. The highest BCUT2D eigenvalue weighted by molar-refractivity contribution is 7.98. The Morgan fingerprint density at radius 2 is 2.00 bits per heavy atom. The lowest BCUT2D eigenvalue weighted by Crippen LogP contribution is -2.11. The molecule has 0 amide bonds. The summed E-state index contributed by atoms with van der Waals surface area (Å²) in [6, 6.07) is 13.9. The number of aromatic amines is 1. The Morgan fingerprint density at radius 1 is 1.20 bits per heavy atom. The zero-order chi connectivity index (χ0) is 21.3. The van der Waals surface area contributed by atoms with Crippen LogP contribution < -0.4 is 5.32 Å². The van der Waals surface area contributed by atoms with Crippen molar-refractivity contribution < 1.29 is 4.92 Å². The van der Waals surface area contributed by atoms with Crippen LogP contribution in [-0.2, 0) is 18.7 Å². The van der Waals surface area contributed by atoms with Crippen molar-refractivity contribution in [3.63, 3.8) is 0 Å². The Kier molecular flexibility index (Phi) is 7.87. The molecule has 2 aromatic heterocycles. The maximum absolute atomic E-state index is 11.6. The standard InChI is InChI=1S/C22H27N5O2S/c1-26(2)15-18-8-9-23-20(13-18)16-30-11-10-24-22-21(27(28)29)19(14-25-22)12-17-6-4-3-5-7-17/h3-9,13-14,24-25H,10-12,15-16H2,1-2H3.